The molecule has 34 heavy (non-hydrogen) atoms. The van der Waals surface area contributed by atoms with Gasteiger partial charge in [0.15, 0.2) is 5.82 Å². The first-order valence-corrected chi connectivity index (χ1v) is 11.8. The number of benzene rings is 2. The predicted molar refractivity (Wildman–Crippen MR) is 131 cm³/mol. The molecule has 172 valence electrons. The quantitative estimate of drug-likeness (QED) is 0.472. The Balaban J connectivity index is 1.24. The Hall–Kier alpha value is -3.78. The lowest BCUT2D eigenvalue weighted by molar-refractivity contribution is 0.273. The van der Waals surface area contributed by atoms with Gasteiger partial charge in [0, 0.05) is 55.4 Å². The third-order valence-corrected chi connectivity index (χ3v) is 7.10. The molecule has 1 aliphatic carbocycles. The molecule has 6 rings (SSSR count). The van der Waals surface area contributed by atoms with Crippen molar-refractivity contribution in [3.8, 4) is 22.6 Å². The molecule has 0 amide bonds. The van der Waals surface area contributed by atoms with Crippen LogP contribution in [0.3, 0.4) is 0 Å². The molecule has 1 saturated heterocycles. The van der Waals surface area contributed by atoms with E-state index in [2.05, 4.69) is 73.9 Å². The van der Waals surface area contributed by atoms with Crippen molar-refractivity contribution in [1.29, 1.82) is 0 Å². The number of nitrogens with one attached hydrogen (secondary N) is 1. The molecule has 0 radical (unpaired) electrons. The number of hydrogen-bond acceptors (Lipinski definition) is 8. The van der Waals surface area contributed by atoms with E-state index in [0.717, 1.165) is 68.0 Å². The van der Waals surface area contributed by atoms with Gasteiger partial charge in [-0.05, 0) is 48.2 Å². The lowest BCUT2D eigenvalue weighted by atomic mass is 9.64. The van der Waals surface area contributed by atoms with Gasteiger partial charge in [-0.25, -0.2) is 9.97 Å². The van der Waals surface area contributed by atoms with Crippen molar-refractivity contribution in [2.75, 3.05) is 36.8 Å². The average Bonchev–Trinajstić information content (AvgIpc) is 3.35. The van der Waals surface area contributed by atoms with E-state index in [4.69, 9.17) is 15.2 Å². The van der Waals surface area contributed by atoms with E-state index in [0.29, 0.717) is 5.89 Å². The highest BCUT2D eigenvalue weighted by molar-refractivity contribution is 5.63. The van der Waals surface area contributed by atoms with Gasteiger partial charge in [-0.2, -0.15) is 4.98 Å². The fourth-order valence-electron chi connectivity index (χ4n) is 4.91. The maximum absolute atomic E-state index is 5.73. The normalized spacial score (nSPS) is 17.4. The lowest BCUT2D eigenvalue weighted by Gasteiger charge is -2.39. The van der Waals surface area contributed by atoms with E-state index < -0.39 is 0 Å². The minimum atomic E-state index is -0.196. The monoisotopic (exact) mass is 453 g/mol. The maximum Gasteiger partial charge on any atom is 0.257 e. The molecule has 0 atom stereocenters. The number of piperazine rings is 1. The fraction of sp³-hybridized carbons (Fsp3) is 0.308. The summed E-state index contributed by atoms with van der Waals surface area (Å²) < 4.78 is 5.73. The predicted octanol–water partition coefficient (Wildman–Crippen LogP) is 3.66. The minimum absolute atomic E-state index is 0.196. The number of aromatic nitrogens is 4. The van der Waals surface area contributed by atoms with E-state index in [9.17, 15) is 0 Å². The van der Waals surface area contributed by atoms with Crippen LogP contribution in [0.5, 0.6) is 0 Å². The van der Waals surface area contributed by atoms with Gasteiger partial charge in [-0.15, -0.1) is 0 Å². The van der Waals surface area contributed by atoms with Crippen molar-refractivity contribution in [1.82, 2.24) is 25.4 Å². The van der Waals surface area contributed by atoms with E-state index in [1.807, 2.05) is 0 Å². The van der Waals surface area contributed by atoms with Gasteiger partial charge in [0.25, 0.3) is 5.89 Å². The Labute approximate surface area is 198 Å². The average molecular weight is 454 g/mol. The molecule has 3 N–H and O–H groups in total. The van der Waals surface area contributed by atoms with Gasteiger partial charge in [0.2, 0.25) is 5.95 Å². The Kier molecular flexibility index (Phi) is 5.22. The molecule has 0 unspecified atom stereocenters. The van der Waals surface area contributed by atoms with Gasteiger partial charge >= 0.3 is 0 Å². The Bertz CT molecular complexity index is 1260. The standard InChI is InChI=1S/C26H27N7O/c27-25-29-16-20(17-30-25)18-2-6-21(7-3-18)26(10-1-11-26)24-31-23(34-32-24)19-4-8-22(9-5-19)33-14-12-28-13-15-33/h2-9,16-17,28H,1,10-15H2,(H2,27,29,30). The van der Waals surface area contributed by atoms with Crippen LogP contribution < -0.4 is 16.0 Å². The van der Waals surface area contributed by atoms with Crippen molar-refractivity contribution in [2.45, 2.75) is 24.7 Å². The molecule has 2 aliphatic rings. The second kappa shape index (κ2) is 8.53. The topological polar surface area (TPSA) is 106 Å². The summed E-state index contributed by atoms with van der Waals surface area (Å²) in [7, 11) is 0. The van der Waals surface area contributed by atoms with Gasteiger partial charge in [-0.1, -0.05) is 35.8 Å². The molecule has 3 heterocycles. The van der Waals surface area contributed by atoms with Crippen molar-refractivity contribution < 1.29 is 4.52 Å². The summed E-state index contributed by atoms with van der Waals surface area (Å²) in [4.78, 5) is 15.4. The number of hydrogen-bond donors (Lipinski definition) is 2. The van der Waals surface area contributed by atoms with E-state index in [1.54, 1.807) is 12.4 Å². The SMILES string of the molecule is Nc1ncc(-c2ccc(C3(c4noc(-c5ccc(N6CCNCC6)cc5)n4)CCC3)cc2)cn1. The Morgan fingerprint density at radius 3 is 2.18 bits per heavy atom. The van der Waals surface area contributed by atoms with E-state index >= 15 is 0 Å². The first-order valence-electron chi connectivity index (χ1n) is 11.8. The molecule has 8 heteroatoms. The van der Waals surface area contributed by atoms with Gasteiger partial charge in [-0.3, -0.25) is 0 Å². The summed E-state index contributed by atoms with van der Waals surface area (Å²) in [6, 6.07) is 16.9. The van der Waals surface area contributed by atoms with E-state index in [1.165, 1.54) is 11.3 Å². The van der Waals surface area contributed by atoms with Crippen LogP contribution in [0.4, 0.5) is 11.6 Å². The van der Waals surface area contributed by atoms with Crippen LogP contribution in [-0.2, 0) is 5.41 Å². The first kappa shape index (κ1) is 20.8. The van der Waals surface area contributed by atoms with Crippen LogP contribution in [0.1, 0.15) is 30.7 Å². The van der Waals surface area contributed by atoms with Crippen LogP contribution in [0.25, 0.3) is 22.6 Å². The van der Waals surface area contributed by atoms with Crippen LogP contribution in [-0.4, -0.2) is 46.3 Å². The van der Waals surface area contributed by atoms with Crippen LogP contribution in [0, 0.1) is 0 Å². The van der Waals surface area contributed by atoms with E-state index in [-0.39, 0.29) is 11.4 Å². The summed E-state index contributed by atoms with van der Waals surface area (Å²) in [5.41, 5.74) is 10.8. The second-order valence-electron chi connectivity index (χ2n) is 9.05. The summed E-state index contributed by atoms with van der Waals surface area (Å²) in [5, 5.41) is 7.82. The molecule has 2 aromatic carbocycles. The molecule has 8 nitrogen and oxygen atoms in total. The first-order chi connectivity index (χ1) is 16.7. The summed E-state index contributed by atoms with van der Waals surface area (Å²) in [6.07, 6.45) is 6.66. The third kappa shape index (κ3) is 3.70. The number of nitrogen functional groups attached to an aromatic ring is 1. The largest absolute Gasteiger partial charge is 0.369 e. The summed E-state index contributed by atoms with van der Waals surface area (Å²) in [6.45, 7) is 4.09. The summed E-state index contributed by atoms with van der Waals surface area (Å²) >= 11 is 0. The molecule has 2 fully saturated rings. The van der Waals surface area contributed by atoms with Crippen molar-refractivity contribution in [2.24, 2.45) is 0 Å². The van der Waals surface area contributed by atoms with Crippen molar-refractivity contribution in [3.63, 3.8) is 0 Å². The molecule has 1 saturated carbocycles. The number of anilines is 2. The molecular weight excluding hydrogens is 426 g/mol. The highest BCUT2D eigenvalue weighted by atomic mass is 16.5. The molecule has 2 aromatic heterocycles. The third-order valence-electron chi connectivity index (χ3n) is 7.10. The van der Waals surface area contributed by atoms with Crippen LogP contribution >= 0.6 is 0 Å². The van der Waals surface area contributed by atoms with Gasteiger partial charge in [0.05, 0.1) is 5.41 Å². The Morgan fingerprint density at radius 1 is 0.853 bits per heavy atom. The number of rotatable bonds is 5. The minimum Gasteiger partial charge on any atom is -0.369 e. The molecule has 0 bridgehead atoms. The summed E-state index contributed by atoms with van der Waals surface area (Å²) in [5.74, 6) is 1.62. The van der Waals surface area contributed by atoms with Gasteiger partial charge in [0.1, 0.15) is 0 Å². The highest BCUT2D eigenvalue weighted by Gasteiger charge is 2.44. The zero-order chi connectivity index (χ0) is 23.0. The Morgan fingerprint density at radius 2 is 1.53 bits per heavy atom. The molecule has 4 aromatic rings. The number of nitrogens with zero attached hydrogens (tertiary/aromatic N) is 5. The highest BCUT2D eigenvalue weighted by Crippen LogP contribution is 2.48. The fourth-order valence-corrected chi connectivity index (χ4v) is 4.91. The van der Waals surface area contributed by atoms with Crippen LogP contribution in [0.15, 0.2) is 65.4 Å². The molecule has 1 aliphatic heterocycles. The lowest BCUT2D eigenvalue weighted by Crippen LogP contribution is -2.43. The number of nitrogens with two attached hydrogens (primary N) is 1. The zero-order valence-corrected chi connectivity index (χ0v) is 18.9. The second-order valence-corrected chi connectivity index (χ2v) is 9.05. The zero-order valence-electron chi connectivity index (χ0n) is 18.9. The maximum atomic E-state index is 5.73. The van der Waals surface area contributed by atoms with Crippen molar-refractivity contribution in [3.05, 3.63) is 72.3 Å². The smallest absolute Gasteiger partial charge is 0.257 e. The van der Waals surface area contributed by atoms with Gasteiger partial charge < -0.3 is 20.5 Å². The van der Waals surface area contributed by atoms with Crippen molar-refractivity contribution >= 4 is 11.6 Å². The molecule has 0 spiro atoms. The molecular formula is C26H27N7O. The van der Waals surface area contributed by atoms with Crippen LogP contribution in [0.2, 0.25) is 0 Å².